The summed E-state index contributed by atoms with van der Waals surface area (Å²) in [4.78, 5) is 27.4. The van der Waals surface area contributed by atoms with Crippen molar-refractivity contribution in [2.24, 2.45) is 10.8 Å². The number of anilines is 1. The molecule has 0 aromatic carbocycles. The second-order valence-corrected chi connectivity index (χ2v) is 8.35. The summed E-state index contributed by atoms with van der Waals surface area (Å²) >= 11 is 0. The van der Waals surface area contributed by atoms with Gasteiger partial charge in [-0.1, -0.05) is 6.92 Å². The molecule has 2 aromatic heterocycles. The minimum absolute atomic E-state index is 0.0263. The number of carbonyl (C=O) groups is 1. The lowest BCUT2D eigenvalue weighted by molar-refractivity contribution is -0.119. The molecular weight excluding hydrogens is 348 g/mol. The molecular formula is C18H26N6O3. The Hall–Kier alpha value is -2.26. The van der Waals surface area contributed by atoms with Crippen LogP contribution in [0.5, 0.6) is 0 Å². The molecule has 9 nitrogen and oxygen atoms in total. The predicted octanol–water partition coefficient (Wildman–Crippen LogP) is -0.0763. The van der Waals surface area contributed by atoms with Gasteiger partial charge in [0.1, 0.15) is 6.33 Å². The highest BCUT2D eigenvalue weighted by molar-refractivity contribution is 5.84. The first-order valence-electron chi connectivity index (χ1n) is 9.37. The van der Waals surface area contributed by atoms with Gasteiger partial charge < -0.3 is 25.0 Å². The van der Waals surface area contributed by atoms with Crippen LogP contribution in [-0.2, 0) is 11.3 Å². The second kappa shape index (κ2) is 6.72. The lowest BCUT2D eigenvalue weighted by Gasteiger charge is -2.39. The van der Waals surface area contributed by atoms with Gasteiger partial charge in [-0.25, -0.2) is 15.0 Å². The summed E-state index contributed by atoms with van der Waals surface area (Å²) in [5.41, 5.74) is 0.726. The van der Waals surface area contributed by atoms with Crippen LogP contribution in [0, 0.1) is 10.8 Å². The predicted molar refractivity (Wildman–Crippen MR) is 99.1 cm³/mol. The summed E-state index contributed by atoms with van der Waals surface area (Å²) in [6.07, 6.45) is 5.83. The van der Waals surface area contributed by atoms with E-state index >= 15 is 0 Å². The molecule has 146 valence electrons. The van der Waals surface area contributed by atoms with Gasteiger partial charge >= 0.3 is 0 Å². The molecule has 9 heteroatoms. The molecule has 3 N–H and O–H groups in total. The highest BCUT2D eigenvalue weighted by Crippen LogP contribution is 2.38. The van der Waals surface area contributed by atoms with Crippen LogP contribution in [0.25, 0.3) is 11.2 Å². The molecule has 0 aliphatic carbocycles. The van der Waals surface area contributed by atoms with Gasteiger partial charge in [0, 0.05) is 43.4 Å². The summed E-state index contributed by atoms with van der Waals surface area (Å²) in [5.74, 6) is 0.910. The zero-order valence-corrected chi connectivity index (χ0v) is 15.6. The maximum atomic E-state index is 11.8. The molecule has 4 heterocycles. The molecule has 0 saturated carbocycles. The Kier molecular flexibility index (Phi) is 4.51. The number of imidazole rings is 1. The van der Waals surface area contributed by atoms with Crippen molar-refractivity contribution >= 4 is 22.9 Å². The van der Waals surface area contributed by atoms with Gasteiger partial charge in [-0.3, -0.25) is 4.79 Å². The maximum Gasteiger partial charge on any atom is 0.220 e. The van der Waals surface area contributed by atoms with E-state index < -0.39 is 5.41 Å². The van der Waals surface area contributed by atoms with E-state index in [-0.39, 0.29) is 24.5 Å². The number of aliphatic hydroxyl groups excluding tert-OH is 2. The van der Waals surface area contributed by atoms with E-state index in [9.17, 15) is 15.0 Å². The number of nitrogens with one attached hydrogen (secondary N) is 1. The molecule has 4 rings (SSSR count). The number of fused-ring (bicyclic) bond motifs is 1. The quantitative estimate of drug-likeness (QED) is 0.670. The third kappa shape index (κ3) is 3.25. The van der Waals surface area contributed by atoms with E-state index in [4.69, 9.17) is 0 Å². The zero-order valence-electron chi connectivity index (χ0n) is 15.6. The number of hydrogen-bond acceptors (Lipinski definition) is 7. The third-order valence-corrected chi connectivity index (χ3v) is 5.85. The van der Waals surface area contributed by atoms with Crippen LogP contribution in [-0.4, -0.2) is 68.5 Å². The highest BCUT2D eigenvalue weighted by Gasteiger charge is 2.42. The SMILES string of the molecule is CC(CO)(CO)Cn1cnc2c(N3CCCC4(CNC(=O)C4)C3)ncnc21. The first-order chi connectivity index (χ1) is 13.0. The highest BCUT2D eigenvalue weighted by atomic mass is 16.3. The van der Waals surface area contributed by atoms with Crippen molar-refractivity contribution in [3.63, 3.8) is 0 Å². The number of aliphatic hydroxyl groups is 2. The molecule has 27 heavy (non-hydrogen) atoms. The average Bonchev–Trinajstić information content (AvgIpc) is 3.25. The molecule has 1 unspecified atom stereocenters. The lowest BCUT2D eigenvalue weighted by atomic mass is 9.79. The maximum absolute atomic E-state index is 11.8. The fourth-order valence-electron chi connectivity index (χ4n) is 4.21. The standard InChI is InChI=1S/C18H26N6O3/c1-17(9-25,10-26)7-24-12-22-14-15(20-11-21-16(14)24)23-4-2-3-18(8-23)5-13(27)19-6-18/h11-12,25-26H,2-10H2,1H3,(H,19,27). The molecule has 2 aliphatic heterocycles. The van der Waals surface area contributed by atoms with Crippen LogP contribution in [0.3, 0.4) is 0 Å². The summed E-state index contributed by atoms with van der Waals surface area (Å²) < 4.78 is 1.85. The largest absolute Gasteiger partial charge is 0.396 e. The van der Waals surface area contributed by atoms with Crippen molar-refractivity contribution in [2.45, 2.75) is 32.7 Å². The Morgan fingerprint density at radius 2 is 2.11 bits per heavy atom. The van der Waals surface area contributed by atoms with Gasteiger partial charge in [0.05, 0.1) is 19.5 Å². The van der Waals surface area contributed by atoms with Crippen molar-refractivity contribution in [1.82, 2.24) is 24.8 Å². The number of piperidine rings is 1. The van der Waals surface area contributed by atoms with Gasteiger partial charge in [0.15, 0.2) is 17.0 Å². The van der Waals surface area contributed by atoms with Gasteiger partial charge in [-0.2, -0.15) is 0 Å². The van der Waals surface area contributed by atoms with Crippen molar-refractivity contribution in [3.05, 3.63) is 12.7 Å². The van der Waals surface area contributed by atoms with E-state index in [1.165, 1.54) is 6.33 Å². The number of rotatable bonds is 5. The van der Waals surface area contributed by atoms with Crippen molar-refractivity contribution in [1.29, 1.82) is 0 Å². The molecule has 2 fully saturated rings. The molecule has 1 amide bonds. The van der Waals surface area contributed by atoms with Crippen LogP contribution < -0.4 is 10.2 Å². The number of aromatic nitrogens is 4. The Morgan fingerprint density at radius 3 is 2.81 bits per heavy atom. The summed E-state index contributed by atoms with van der Waals surface area (Å²) in [7, 11) is 0. The van der Waals surface area contributed by atoms with Crippen molar-refractivity contribution < 1.29 is 15.0 Å². The number of hydrogen-bond donors (Lipinski definition) is 3. The van der Waals surface area contributed by atoms with Crippen LogP contribution in [0.4, 0.5) is 5.82 Å². The molecule has 2 aromatic rings. The van der Waals surface area contributed by atoms with Gasteiger partial charge in [0.2, 0.25) is 5.91 Å². The summed E-state index contributed by atoms with van der Waals surface area (Å²) in [6.45, 7) is 4.34. The zero-order chi connectivity index (χ0) is 19.1. The first kappa shape index (κ1) is 18.1. The molecule has 0 radical (unpaired) electrons. The number of amides is 1. The van der Waals surface area contributed by atoms with E-state index in [1.54, 1.807) is 6.33 Å². The van der Waals surface area contributed by atoms with Crippen LogP contribution in [0.1, 0.15) is 26.2 Å². The van der Waals surface area contributed by atoms with E-state index in [0.29, 0.717) is 24.1 Å². The van der Waals surface area contributed by atoms with Crippen LogP contribution in [0.15, 0.2) is 12.7 Å². The Labute approximate surface area is 157 Å². The minimum Gasteiger partial charge on any atom is -0.396 e. The molecule has 2 saturated heterocycles. The van der Waals surface area contributed by atoms with E-state index in [1.807, 2.05) is 11.5 Å². The molecule has 1 atom stereocenters. The van der Waals surface area contributed by atoms with Crippen LogP contribution >= 0.6 is 0 Å². The monoisotopic (exact) mass is 374 g/mol. The Balaban J connectivity index is 1.64. The topological polar surface area (TPSA) is 116 Å². The lowest BCUT2D eigenvalue weighted by Crippen LogP contribution is -2.45. The first-order valence-corrected chi connectivity index (χ1v) is 9.37. The minimum atomic E-state index is -0.649. The smallest absolute Gasteiger partial charge is 0.220 e. The summed E-state index contributed by atoms with van der Waals surface area (Å²) in [5, 5.41) is 22.1. The molecule has 2 aliphatic rings. The molecule has 1 spiro atoms. The van der Waals surface area contributed by atoms with E-state index in [2.05, 4.69) is 25.2 Å². The fourth-order valence-corrected chi connectivity index (χ4v) is 4.21. The Morgan fingerprint density at radius 1 is 1.30 bits per heavy atom. The van der Waals surface area contributed by atoms with Crippen molar-refractivity contribution in [3.8, 4) is 0 Å². The second-order valence-electron chi connectivity index (χ2n) is 8.35. The van der Waals surface area contributed by atoms with Crippen LogP contribution in [0.2, 0.25) is 0 Å². The average molecular weight is 374 g/mol. The normalized spacial score (nSPS) is 23.4. The van der Waals surface area contributed by atoms with Gasteiger partial charge in [-0.15, -0.1) is 0 Å². The van der Waals surface area contributed by atoms with E-state index in [0.717, 1.165) is 38.3 Å². The Bertz CT molecular complexity index is 849. The summed E-state index contributed by atoms with van der Waals surface area (Å²) in [6, 6.07) is 0. The third-order valence-electron chi connectivity index (χ3n) is 5.85. The van der Waals surface area contributed by atoms with Crippen molar-refractivity contribution in [2.75, 3.05) is 37.7 Å². The van der Waals surface area contributed by atoms with Gasteiger partial charge in [0.25, 0.3) is 0 Å². The number of nitrogens with zero attached hydrogens (tertiary/aromatic N) is 5. The van der Waals surface area contributed by atoms with Gasteiger partial charge in [-0.05, 0) is 12.8 Å². The fraction of sp³-hybridized carbons (Fsp3) is 0.667. The number of carbonyl (C=O) groups excluding carboxylic acids is 1. The molecule has 0 bridgehead atoms.